The van der Waals surface area contributed by atoms with Crippen LogP contribution in [0.2, 0.25) is 0 Å². The molecular weight excluding hydrogens is 357 g/mol. The predicted octanol–water partition coefficient (Wildman–Crippen LogP) is 3.60. The standard InChI is InChI=1S/C19H23N3O.2ClH/c1-13-7-8-16(20)11-17(13)19(23)21-12-14(2)22-10-9-15-5-3-4-6-18(15)22;;/h3-8,11,14H,9-10,12,20H2,1-2H3,(H,21,23);2*1H. The Hall–Kier alpha value is -1.91. The summed E-state index contributed by atoms with van der Waals surface area (Å²) in [5.41, 5.74) is 10.7. The highest BCUT2D eigenvalue weighted by Gasteiger charge is 2.23. The van der Waals surface area contributed by atoms with Crippen molar-refractivity contribution in [3.05, 3.63) is 59.2 Å². The van der Waals surface area contributed by atoms with Gasteiger partial charge in [0.15, 0.2) is 0 Å². The minimum Gasteiger partial charge on any atom is -0.399 e. The molecule has 2 aromatic rings. The molecule has 1 atom stereocenters. The van der Waals surface area contributed by atoms with Crippen LogP contribution in [0.4, 0.5) is 11.4 Å². The first-order chi connectivity index (χ1) is 11.1. The fourth-order valence-electron chi connectivity index (χ4n) is 3.15. The Labute approximate surface area is 161 Å². The Bertz CT molecular complexity index is 736. The molecule has 1 heterocycles. The Kier molecular flexibility index (Phi) is 7.59. The second-order valence-electron chi connectivity index (χ2n) is 6.21. The van der Waals surface area contributed by atoms with Crippen LogP contribution in [-0.4, -0.2) is 25.0 Å². The number of nitrogens with zero attached hydrogens (tertiary/aromatic N) is 1. The maximum atomic E-state index is 12.4. The molecule has 136 valence electrons. The molecule has 0 aliphatic carbocycles. The van der Waals surface area contributed by atoms with Crippen LogP contribution in [0.15, 0.2) is 42.5 Å². The molecule has 1 aliphatic rings. The molecular formula is C19H25Cl2N3O. The molecule has 0 spiro atoms. The van der Waals surface area contributed by atoms with Gasteiger partial charge in [0.25, 0.3) is 5.91 Å². The van der Waals surface area contributed by atoms with E-state index in [-0.39, 0.29) is 36.8 Å². The van der Waals surface area contributed by atoms with Crippen molar-refractivity contribution in [1.82, 2.24) is 5.32 Å². The number of aryl methyl sites for hydroxylation is 1. The first kappa shape index (κ1) is 21.1. The highest BCUT2D eigenvalue weighted by Crippen LogP contribution is 2.28. The minimum absolute atomic E-state index is 0. The van der Waals surface area contributed by atoms with E-state index in [0.717, 1.165) is 18.5 Å². The van der Waals surface area contributed by atoms with Crippen molar-refractivity contribution in [3.8, 4) is 0 Å². The van der Waals surface area contributed by atoms with Crippen LogP contribution in [0.25, 0.3) is 0 Å². The average Bonchev–Trinajstić information content (AvgIpc) is 2.98. The number of amides is 1. The second kappa shape index (κ2) is 8.97. The van der Waals surface area contributed by atoms with Gasteiger partial charge in [-0.15, -0.1) is 24.8 Å². The molecule has 0 saturated heterocycles. The quantitative estimate of drug-likeness (QED) is 0.795. The van der Waals surface area contributed by atoms with Crippen LogP contribution in [0, 0.1) is 6.92 Å². The third kappa shape index (κ3) is 4.59. The van der Waals surface area contributed by atoms with Gasteiger partial charge < -0.3 is 16.0 Å². The van der Waals surface area contributed by atoms with Gasteiger partial charge in [-0.25, -0.2) is 0 Å². The maximum Gasteiger partial charge on any atom is 0.251 e. The lowest BCUT2D eigenvalue weighted by atomic mass is 10.1. The van der Waals surface area contributed by atoms with E-state index in [1.54, 1.807) is 6.07 Å². The smallest absolute Gasteiger partial charge is 0.251 e. The number of nitrogen functional groups attached to an aromatic ring is 1. The average molecular weight is 382 g/mol. The Morgan fingerprint density at radius 2 is 1.96 bits per heavy atom. The van der Waals surface area contributed by atoms with Gasteiger partial charge in [0.1, 0.15) is 0 Å². The number of para-hydroxylation sites is 1. The van der Waals surface area contributed by atoms with Gasteiger partial charge in [0, 0.05) is 36.1 Å². The summed E-state index contributed by atoms with van der Waals surface area (Å²) in [5.74, 6) is -0.0610. The SMILES string of the molecule is Cc1ccc(N)cc1C(=O)NCC(C)N1CCc2ccccc21.Cl.Cl. The van der Waals surface area contributed by atoms with E-state index < -0.39 is 0 Å². The fourth-order valence-corrected chi connectivity index (χ4v) is 3.15. The lowest BCUT2D eigenvalue weighted by Crippen LogP contribution is -2.41. The molecule has 6 heteroatoms. The topological polar surface area (TPSA) is 58.4 Å². The number of anilines is 2. The summed E-state index contributed by atoms with van der Waals surface area (Å²) in [4.78, 5) is 14.8. The second-order valence-corrected chi connectivity index (χ2v) is 6.21. The van der Waals surface area contributed by atoms with E-state index >= 15 is 0 Å². The summed E-state index contributed by atoms with van der Waals surface area (Å²) in [6, 6.07) is 14.2. The van der Waals surface area contributed by atoms with Crippen LogP contribution in [0.5, 0.6) is 0 Å². The lowest BCUT2D eigenvalue weighted by Gasteiger charge is -2.27. The van der Waals surface area contributed by atoms with E-state index in [1.807, 2.05) is 19.1 Å². The van der Waals surface area contributed by atoms with Crippen molar-refractivity contribution in [2.45, 2.75) is 26.3 Å². The van der Waals surface area contributed by atoms with Crippen molar-refractivity contribution in [2.75, 3.05) is 23.7 Å². The third-order valence-corrected chi connectivity index (χ3v) is 4.52. The molecule has 0 radical (unpaired) electrons. The van der Waals surface area contributed by atoms with Crippen molar-refractivity contribution >= 4 is 42.1 Å². The minimum atomic E-state index is -0.0610. The van der Waals surface area contributed by atoms with Crippen molar-refractivity contribution in [3.63, 3.8) is 0 Å². The number of nitrogens with one attached hydrogen (secondary N) is 1. The summed E-state index contributed by atoms with van der Waals surface area (Å²) in [5, 5.41) is 3.04. The number of benzene rings is 2. The van der Waals surface area contributed by atoms with Gasteiger partial charge in [-0.3, -0.25) is 4.79 Å². The summed E-state index contributed by atoms with van der Waals surface area (Å²) >= 11 is 0. The molecule has 0 bridgehead atoms. The summed E-state index contributed by atoms with van der Waals surface area (Å²) in [7, 11) is 0. The molecule has 3 N–H and O–H groups in total. The highest BCUT2D eigenvalue weighted by molar-refractivity contribution is 5.96. The molecule has 0 fully saturated rings. The summed E-state index contributed by atoms with van der Waals surface area (Å²) < 4.78 is 0. The number of hydrogen-bond acceptors (Lipinski definition) is 3. The van der Waals surface area contributed by atoms with Gasteiger partial charge in [-0.1, -0.05) is 24.3 Å². The van der Waals surface area contributed by atoms with E-state index in [2.05, 4.69) is 41.4 Å². The number of rotatable bonds is 4. The monoisotopic (exact) mass is 381 g/mol. The zero-order valence-corrected chi connectivity index (χ0v) is 16.1. The molecule has 1 aliphatic heterocycles. The van der Waals surface area contributed by atoms with Crippen molar-refractivity contribution in [2.24, 2.45) is 0 Å². The summed E-state index contributed by atoms with van der Waals surface area (Å²) in [6.07, 6.45) is 1.07. The number of carbonyl (C=O) groups is 1. The zero-order chi connectivity index (χ0) is 16.4. The van der Waals surface area contributed by atoms with Crippen LogP contribution in [0.3, 0.4) is 0 Å². The van der Waals surface area contributed by atoms with Crippen molar-refractivity contribution < 1.29 is 4.79 Å². The maximum absolute atomic E-state index is 12.4. The van der Waals surface area contributed by atoms with Crippen molar-refractivity contribution in [1.29, 1.82) is 0 Å². The molecule has 0 aromatic heterocycles. The van der Waals surface area contributed by atoms with Crippen LogP contribution in [-0.2, 0) is 6.42 Å². The number of carbonyl (C=O) groups excluding carboxylic acids is 1. The van der Waals surface area contributed by atoms with Gasteiger partial charge in [-0.05, 0) is 49.6 Å². The van der Waals surface area contributed by atoms with Gasteiger partial charge in [0.2, 0.25) is 0 Å². The zero-order valence-electron chi connectivity index (χ0n) is 14.5. The predicted molar refractivity (Wildman–Crippen MR) is 109 cm³/mol. The van der Waals surface area contributed by atoms with Gasteiger partial charge in [0.05, 0.1) is 0 Å². The first-order valence-corrected chi connectivity index (χ1v) is 8.05. The summed E-state index contributed by atoms with van der Waals surface area (Å²) in [6.45, 7) is 5.69. The number of halogens is 2. The fraction of sp³-hybridized carbons (Fsp3) is 0.316. The molecule has 2 aromatic carbocycles. The number of fused-ring (bicyclic) bond motifs is 1. The Balaban J connectivity index is 0.00000156. The lowest BCUT2D eigenvalue weighted by molar-refractivity contribution is 0.0951. The van der Waals surface area contributed by atoms with Crippen LogP contribution >= 0.6 is 24.8 Å². The largest absolute Gasteiger partial charge is 0.399 e. The molecule has 4 nitrogen and oxygen atoms in total. The Morgan fingerprint density at radius 3 is 2.72 bits per heavy atom. The molecule has 3 rings (SSSR count). The molecule has 1 amide bonds. The normalized spacial score (nSPS) is 13.3. The number of nitrogens with two attached hydrogens (primary N) is 1. The van der Waals surface area contributed by atoms with Gasteiger partial charge in [-0.2, -0.15) is 0 Å². The van der Waals surface area contributed by atoms with E-state index in [9.17, 15) is 4.79 Å². The highest BCUT2D eigenvalue weighted by atomic mass is 35.5. The number of hydrogen-bond donors (Lipinski definition) is 2. The van der Waals surface area contributed by atoms with E-state index in [1.165, 1.54) is 11.3 Å². The van der Waals surface area contributed by atoms with Gasteiger partial charge >= 0.3 is 0 Å². The Morgan fingerprint density at radius 1 is 1.24 bits per heavy atom. The molecule has 1 unspecified atom stereocenters. The molecule has 0 saturated carbocycles. The first-order valence-electron chi connectivity index (χ1n) is 8.05. The third-order valence-electron chi connectivity index (χ3n) is 4.52. The molecule has 25 heavy (non-hydrogen) atoms. The van der Waals surface area contributed by atoms with Crippen LogP contribution < -0.4 is 16.0 Å². The van der Waals surface area contributed by atoms with Crippen LogP contribution in [0.1, 0.15) is 28.4 Å². The van der Waals surface area contributed by atoms with E-state index in [4.69, 9.17) is 5.73 Å². The van der Waals surface area contributed by atoms with E-state index in [0.29, 0.717) is 17.8 Å².